The van der Waals surface area contributed by atoms with Crippen LogP contribution in [0.3, 0.4) is 0 Å². The number of nitrogens with zero attached hydrogens (tertiary/aromatic N) is 2. The lowest BCUT2D eigenvalue weighted by Crippen LogP contribution is -2.26. The zero-order valence-electron chi connectivity index (χ0n) is 11.4. The molecule has 0 saturated carbocycles. The van der Waals surface area contributed by atoms with Crippen molar-refractivity contribution in [3.05, 3.63) is 28.8 Å². The van der Waals surface area contributed by atoms with Gasteiger partial charge in [-0.3, -0.25) is 9.59 Å². The molecule has 1 aliphatic rings. The zero-order valence-corrected chi connectivity index (χ0v) is 13.7. The molecular weight excluding hydrogens is 344 g/mol. The molecule has 2 rings (SSSR count). The highest BCUT2D eigenvalue weighted by atomic mass is 79.9. The first kappa shape index (κ1) is 15.3. The molecule has 1 unspecified atom stereocenters. The van der Waals surface area contributed by atoms with E-state index in [0.717, 1.165) is 11.0 Å². The van der Waals surface area contributed by atoms with Crippen LogP contribution in [-0.4, -0.2) is 42.7 Å². The van der Waals surface area contributed by atoms with Gasteiger partial charge in [0.1, 0.15) is 0 Å². The third-order valence-corrected chi connectivity index (χ3v) is 4.57. The fourth-order valence-electron chi connectivity index (χ4n) is 2.22. The van der Waals surface area contributed by atoms with E-state index in [1.807, 2.05) is 0 Å². The van der Waals surface area contributed by atoms with Crippen LogP contribution in [0, 0.1) is 5.92 Å². The first-order chi connectivity index (χ1) is 9.43. The average Bonchev–Trinajstić information content (AvgIpc) is 2.80. The zero-order chi connectivity index (χ0) is 14.9. The fraction of sp³-hybridized carbons (Fsp3) is 0.429. The summed E-state index contributed by atoms with van der Waals surface area (Å²) in [4.78, 5) is 27.3. The van der Waals surface area contributed by atoms with E-state index in [2.05, 4.69) is 15.9 Å². The van der Waals surface area contributed by atoms with Crippen molar-refractivity contribution in [3.63, 3.8) is 0 Å². The van der Waals surface area contributed by atoms with Gasteiger partial charge in [-0.1, -0.05) is 27.5 Å². The highest BCUT2D eigenvalue weighted by Crippen LogP contribution is 2.29. The molecule has 1 aromatic carbocycles. The minimum absolute atomic E-state index is 0.0834. The van der Waals surface area contributed by atoms with Crippen LogP contribution in [0.15, 0.2) is 18.2 Å². The SMILES string of the molecule is CN(C)C(=O)c1cc(N2CC(CBr)CC2=O)ccc1Cl. The molecule has 0 radical (unpaired) electrons. The predicted octanol–water partition coefficient (Wildman–Crippen LogP) is 2.79. The maximum atomic E-state index is 12.1. The lowest BCUT2D eigenvalue weighted by molar-refractivity contribution is -0.117. The number of halogens is 2. The van der Waals surface area contributed by atoms with Crippen LogP contribution in [0.4, 0.5) is 5.69 Å². The molecule has 1 saturated heterocycles. The number of alkyl halides is 1. The Bertz CT molecular complexity index is 548. The van der Waals surface area contributed by atoms with Gasteiger partial charge in [0.15, 0.2) is 0 Å². The molecule has 1 atom stereocenters. The molecular formula is C14H16BrClN2O2. The van der Waals surface area contributed by atoms with Gasteiger partial charge in [-0.05, 0) is 24.1 Å². The van der Waals surface area contributed by atoms with E-state index >= 15 is 0 Å². The molecule has 0 aliphatic carbocycles. The topological polar surface area (TPSA) is 40.6 Å². The summed E-state index contributed by atoms with van der Waals surface area (Å²) in [6.07, 6.45) is 0.533. The van der Waals surface area contributed by atoms with Gasteiger partial charge in [0.05, 0.1) is 10.6 Å². The van der Waals surface area contributed by atoms with Gasteiger partial charge in [0.2, 0.25) is 5.91 Å². The van der Waals surface area contributed by atoms with Crippen LogP contribution in [0.2, 0.25) is 5.02 Å². The quantitative estimate of drug-likeness (QED) is 0.779. The van der Waals surface area contributed by atoms with Crippen molar-refractivity contribution < 1.29 is 9.59 Å². The van der Waals surface area contributed by atoms with E-state index in [9.17, 15) is 9.59 Å². The summed E-state index contributed by atoms with van der Waals surface area (Å²) in [5.74, 6) is 0.228. The number of hydrogen-bond acceptors (Lipinski definition) is 2. The van der Waals surface area contributed by atoms with E-state index in [-0.39, 0.29) is 11.8 Å². The molecule has 0 aromatic heterocycles. The monoisotopic (exact) mass is 358 g/mol. The van der Waals surface area contributed by atoms with Gasteiger partial charge in [0.25, 0.3) is 5.91 Å². The minimum atomic E-state index is -0.166. The van der Waals surface area contributed by atoms with Crippen LogP contribution in [0.1, 0.15) is 16.8 Å². The first-order valence-electron chi connectivity index (χ1n) is 6.31. The Morgan fingerprint density at radius 2 is 2.20 bits per heavy atom. The second-order valence-electron chi connectivity index (χ2n) is 5.09. The number of amides is 2. The van der Waals surface area contributed by atoms with Crippen LogP contribution in [0.25, 0.3) is 0 Å². The number of carbonyl (C=O) groups is 2. The molecule has 0 N–H and O–H groups in total. The van der Waals surface area contributed by atoms with Gasteiger partial charge < -0.3 is 9.80 Å². The van der Waals surface area contributed by atoms with E-state index in [1.165, 1.54) is 4.90 Å². The molecule has 1 aliphatic heterocycles. The standard InChI is InChI=1S/C14H16BrClN2O2/c1-17(2)14(20)11-6-10(3-4-12(11)16)18-8-9(7-15)5-13(18)19/h3-4,6,9H,5,7-8H2,1-2H3. The summed E-state index contributed by atoms with van der Waals surface area (Å²) in [6, 6.07) is 5.14. The lowest BCUT2D eigenvalue weighted by atomic mass is 10.1. The summed E-state index contributed by atoms with van der Waals surface area (Å²) in [5, 5.41) is 1.20. The second-order valence-corrected chi connectivity index (χ2v) is 6.15. The summed E-state index contributed by atoms with van der Waals surface area (Å²) in [7, 11) is 3.35. The molecule has 108 valence electrons. The highest BCUT2D eigenvalue weighted by molar-refractivity contribution is 9.09. The summed E-state index contributed by atoms with van der Waals surface area (Å²) in [5.41, 5.74) is 1.15. The van der Waals surface area contributed by atoms with Crippen LogP contribution >= 0.6 is 27.5 Å². The predicted molar refractivity (Wildman–Crippen MR) is 83.7 cm³/mol. The smallest absolute Gasteiger partial charge is 0.254 e. The van der Waals surface area contributed by atoms with Gasteiger partial charge >= 0.3 is 0 Å². The van der Waals surface area contributed by atoms with Crippen LogP contribution in [0.5, 0.6) is 0 Å². The minimum Gasteiger partial charge on any atom is -0.345 e. The van der Waals surface area contributed by atoms with E-state index in [0.29, 0.717) is 29.5 Å². The van der Waals surface area contributed by atoms with Gasteiger partial charge in [-0.25, -0.2) is 0 Å². The molecule has 1 aromatic rings. The third-order valence-electron chi connectivity index (χ3n) is 3.32. The lowest BCUT2D eigenvalue weighted by Gasteiger charge is -2.19. The van der Waals surface area contributed by atoms with E-state index in [4.69, 9.17) is 11.6 Å². The Labute approximate surface area is 131 Å². The van der Waals surface area contributed by atoms with Crippen molar-refractivity contribution >= 4 is 45.0 Å². The van der Waals surface area contributed by atoms with Crippen molar-refractivity contribution in [1.82, 2.24) is 4.90 Å². The van der Waals surface area contributed by atoms with Gasteiger partial charge in [-0.2, -0.15) is 0 Å². The summed E-state index contributed by atoms with van der Waals surface area (Å²) < 4.78 is 0. The van der Waals surface area contributed by atoms with Gasteiger partial charge in [0, 0.05) is 38.1 Å². The molecule has 1 fully saturated rings. The molecule has 1 heterocycles. The van der Waals surface area contributed by atoms with E-state index in [1.54, 1.807) is 37.2 Å². The Morgan fingerprint density at radius 1 is 1.50 bits per heavy atom. The second kappa shape index (κ2) is 6.14. The Hall–Kier alpha value is -1.07. The third kappa shape index (κ3) is 2.99. The Kier molecular flexibility index (Phi) is 4.70. The highest BCUT2D eigenvalue weighted by Gasteiger charge is 2.30. The van der Waals surface area contributed by atoms with Crippen molar-refractivity contribution in [2.24, 2.45) is 5.92 Å². The fourth-order valence-corrected chi connectivity index (χ4v) is 2.85. The Morgan fingerprint density at radius 3 is 2.75 bits per heavy atom. The maximum absolute atomic E-state index is 12.1. The summed E-state index contributed by atoms with van der Waals surface area (Å²) >= 11 is 9.49. The molecule has 6 heteroatoms. The van der Waals surface area contributed by atoms with Crippen LogP contribution < -0.4 is 4.90 Å². The maximum Gasteiger partial charge on any atom is 0.254 e. The number of anilines is 1. The van der Waals surface area contributed by atoms with Gasteiger partial charge in [-0.15, -0.1) is 0 Å². The van der Waals surface area contributed by atoms with Crippen molar-refractivity contribution in [2.45, 2.75) is 6.42 Å². The summed E-state index contributed by atoms with van der Waals surface area (Å²) in [6.45, 7) is 0.668. The normalized spacial score (nSPS) is 18.5. The number of hydrogen-bond donors (Lipinski definition) is 0. The molecule has 20 heavy (non-hydrogen) atoms. The number of rotatable bonds is 3. The van der Waals surface area contributed by atoms with Crippen LogP contribution in [-0.2, 0) is 4.79 Å². The number of carbonyl (C=O) groups excluding carboxylic acids is 2. The van der Waals surface area contributed by atoms with Crippen molar-refractivity contribution in [1.29, 1.82) is 0 Å². The van der Waals surface area contributed by atoms with E-state index < -0.39 is 0 Å². The average molecular weight is 360 g/mol. The largest absolute Gasteiger partial charge is 0.345 e. The Balaban J connectivity index is 2.32. The molecule has 2 amide bonds. The van der Waals surface area contributed by atoms with Crippen molar-refractivity contribution in [3.8, 4) is 0 Å². The first-order valence-corrected chi connectivity index (χ1v) is 7.81. The number of benzene rings is 1. The molecule has 4 nitrogen and oxygen atoms in total. The molecule has 0 spiro atoms. The van der Waals surface area contributed by atoms with Crippen molar-refractivity contribution in [2.75, 3.05) is 30.9 Å². The molecule has 0 bridgehead atoms.